The van der Waals surface area contributed by atoms with Crippen LogP contribution in [0.15, 0.2) is 12.7 Å². The van der Waals surface area contributed by atoms with E-state index in [2.05, 4.69) is 17.2 Å². The first-order chi connectivity index (χ1) is 8.07. The predicted molar refractivity (Wildman–Crippen MR) is 57.1 cm³/mol. The van der Waals surface area contributed by atoms with Crippen LogP contribution in [0.2, 0.25) is 0 Å². The zero-order chi connectivity index (χ0) is 12.5. The van der Waals surface area contributed by atoms with Crippen molar-refractivity contribution >= 4 is 18.0 Å². The third kappa shape index (κ3) is 1.95. The van der Waals surface area contributed by atoms with Gasteiger partial charge in [-0.1, -0.05) is 12.7 Å². The number of nitrogens with zero attached hydrogens (tertiary/aromatic N) is 1. The van der Waals surface area contributed by atoms with E-state index in [0.29, 0.717) is 13.0 Å². The number of hydrogen-bond donors (Lipinski definition) is 2. The van der Waals surface area contributed by atoms with Gasteiger partial charge in [0.15, 0.2) is 0 Å². The molecule has 0 aromatic rings. The third-order valence-electron chi connectivity index (χ3n) is 2.87. The summed E-state index contributed by atoms with van der Waals surface area (Å²) < 4.78 is 4.86. The van der Waals surface area contributed by atoms with Crippen molar-refractivity contribution in [2.45, 2.75) is 12.0 Å². The molecule has 0 aromatic carbocycles. The van der Waals surface area contributed by atoms with E-state index in [9.17, 15) is 14.4 Å². The van der Waals surface area contributed by atoms with Crippen molar-refractivity contribution in [1.82, 2.24) is 15.5 Å². The molecule has 0 radical (unpaired) electrons. The van der Waals surface area contributed by atoms with Crippen molar-refractivity contribution in [3.63, 3.8) is 0 Å². The number of imide groups is 1. The Labute approximate surface area is 97.8 Å². The Hall–Kier alpha value is -2.05. The van der Waals surface area contributed by atoms with Gasteiger partial charge in [-0.05, 0) is 6.42 Å². The zero-order valence-electron chi connectivity index (χ0n) is 9.19. The molecule has 2 saturated heterocycles. The van der Waals surface area contributed by atoms with Crippen molar-refractivity contribution in [3.05, 3.63) is 12.7 Å². The molecule has 1 spiro atoms. The second-order valence-corrected chi connectivity index (χ2v) is 4.03. The van der Waals surface area contributed by atoms with E-state index >= 15 is 0 Å². The second kappa shape index (κ2) is 4.08. The average molecular weight is 239 g/mol. The molecule has 2 N–H and O–H groups in total. The maximum absolute atomic E-state index is 11.6. The molecule has 7 heteroatoms. The lowest BCUT2D eigenvalue weighted by Gasteiger charge is -2.20. The molecule has 7 nitrogen and oxygen atoms in total. The van der Waals surface area contributed by atoms with Crippen LogP contribution >= 0.6 is 0 Å². The van der Waals surface area contributed by atoms with Crippen molar-refractivity contribution in [2.75, 3.05) is 19.7 Å². The van der Waals surface area contributed by atoms with Crippen LogP contribution in [0.1, 0.15) is 6.42 Å². The molecular formula is C10H13N3O4. The van der Waals surface area contributed by atoms with Crippen molar-refractivity contribution < 1.29 is 19.1 Å². The first-order valence-corrected chi connectivity index (χ1v) is 5.23. The fourth-order valence-electron chi connectivity index (χ4n) is 2.00. The van der Waals surface area contributed by atoms with Gasteiger partial charge in [0.2, 0.25) is 0 Å². The van der Waals surface area contributed by atoms with Crippen LogP contribution in [0, 0.1) is 0 Å². The van der Waals surface area contributed by atoms with Crippen LogP contribution in [-0.2, 0) is 9.53 Å². The number of carbonyl (C=O) groups excluding carboxylic acids is 3. The summed E-state index contributed by atoms with van der Waals surface area (Å²) in [5, 5.41) is 4.72. The van der Waals surface area contributed by atoms with Crippen LogP contribution < -0.4 is 10.6 Å². The van der Waals surface area contributed by atoms with E-state index in [4.69, 9.17) is 4.74 Å². The van der Waals surface area contributed by atoms with Crippen LogP contribution in [0.25, 0.3) is 0 Å². The van der Waals surface area contributed by atoms with Gasteiger partial charge in [0, 0.05) is 6.54 Å². The van der Waals surface area contributed by atoms with Gasteiger partial charge in [0.1, 0.15) is 12.1 Å². The fraction of sp³-hybridized carbons (Fsp3) is 0.500. The minimum atomic E-state index is -0.982. The minimum absolute atomic E-state index is 0.126. The molecule has 2 fully saturated rings. The predicted octanol–water partition coefficient (Wildman–Crippen LogP) is -0.407. The number of likely N-dealkylation sites (tertiary alicyclic amines) is 1. The monoisotopic (exact) mass is 239 g/mol. The van der Waals surface area contributed by atoms with Gasteiger partial charge < -0.3 is 15.0 Å². The highest BCUT2D eigenvalue weighted by molar-refractivity contribution is 6.07. The molecule has 2 aliphatic rings. The SMILES string of the molecule is C=CCOC(=O)N1CCC2(C1)NC(=O)NC2=O. The number of nitrogens with one attached hydrogen (secondary N) is 2. The number of urea groups is 1. The van der Waals surface area contributed by atoms with Crippen molar-refractivity contribution in [1.29, 1.82) is 0 Å². The van der Waals surface area contributed by atoms with Gasteiger partial charge in [-0.15, -0.1) is 0 Å². The number of rotatable bonds is 2. The van der Waals surface area contributed by atoms with Gasteiger partial charge in [-0.25, -0.2) is 9.59 Å². The molecule has 0 saturated carbocycles. The summed E-state index contributed by atoms with van der Waals surface area (Å²) in [4.78, 5) is 35.6. The molecule has 1 unspecified atom stereocenters. The summed E-state index contributed by atoms with van der Waals surface area (Å²) in [7, 11) is 0. The zero-order valence-corrected chi connectivity index (χ0v) is 9.19. The molecule has 92 valence electrons. The smallest absolute Gasteiger partial charge is 0.410 e. The van der Waals surface area contributed by atoms with E-state index in [1.807, 2.05) is 0 Å². The van der Waals surface area contributed by atoms with Crippen LogP contribution in [0.3, 0.4) is 0 Å². The maximum atomic E-state index is 11.6. The Morgan fingerprint density at radius 1 is 1.59 bits per heavy atom. The quantitative estimate of drug-likeness (QED) is 0.506. The maximum Gasteiger partial charge on any atom is 0.410 e. The molecule has 2 heterocycles. The molecule has 4 amide bonds. The first kappa shape index (κ1) is 11.4. The number of ether oxygens (including phenoxy) is 1. The van der Waals surface area contributed by atoms with Gasteiger partial charge in [0.25, 0.3) is 5.91 Å². The molecule has 1 atom stereocenters. The number of hydrogen-bond acceptors (Lipinski definition) is 4. The van der Waals surface area contributed by atoms with E-state index in [1.54, 1.807) is 0 Å². The Bertz CT molecular complexity index is 395. The topological polar surface area (TPSA) is 87.7 Å². The number of amides is 4. The largest absolute Gasteiger partial charge is 0.445 e. The van der Waals surface area contributed by atoms with Gasteiger partial charge in [-0.3, -0.25) is 10.1 Å². The third-order valence-corrected chi connectivity index (χ3v) is 2.87. The molecule has 17 heavy (non-hydrogen) atoms. The lowest BCUT2D eigenvalue weighted by Crippen LogP contribution is -2.49. The van der Waals surface area contributed by atoms with Crippen molar-refractivity contribution in [3.8, 4) is 0 Å². The highest BCUT2D eigenvalue weighted by Crippen LogP contribution is 2.24. The summed E-state index contributed by atoms with van der Waals surface area (Å²) in [6.45, 7) is 4.08. The van der Waals surface area contributed by atoms with Crippen molar-refractivity contribution in [2.24, 2.45) is 0 Å². The summed E-state index contributed by atoms with van der Waals surface area (Å²) in [6, 6.07) is -0.517. The summed E-state index contributed by atoms with van der Waals surface area (Å²) in [6.07, 6.45) is 1.36. The standard InChI is InChI=1S/C10H13N3O4/c1-2-5-17-9(16)13-4-3-10(6-13)7(14)11-8(15)12-10/h2H,1,3-6H2,(H2,11,12,14,15). The van der Waals surface area contributed by atoms with Crippen LogP contribution in [0.5, 0.6) is 0 Å². The Morgan fingerprint density at radius 2 is 2.35 bits per heavy atom. The average Bonchev–Trinajstić information content (AvgIpc) is 2.81. The molecule has 0 bridgehead atoms. The van der Waals surface area contributed by atoms with Gasteiger partial charge >= 0.3 is 12.1 Å². The first-order valence-electron chi connectivity index (χ1n) is 5.23. The Kier molecular flexibility index (Phi) is 2.74. The Balaban J connectivity index is 1.99. The lowest BCUT2D eigenvalue weighted by atomic mass is 10.00. The van der Waals surface area contributed by atoms with Gasteiger partial charge in [0.05, 0.1) is 6.54 Å². The fourth-order valence-corrected chi connectivity index (χ4v) is 2.00. The normalized spacial score (nSPS) is 26.9. The van der Waals surface area contributed by atoms with E-state index in [-0.39, 0.29) is 19.1 Å². The highest BCUT2D eigenvalue weighted by atomic mass is 16.6. The molecule has 0 aromatic heterocycles. The molecule has 2 rings (SSSR count). The van der Waals surface area contributed by atoms with E-state index < -0.39 is 17.7 Å². The minimum Gasteiger partial charge on any atom is -0.445 e. The molecule has 0 aliphatic carbocycles. The van der Waals surface area contributed by atoms with Gasteiger partial charge in [-0.2, -0.15) is 0 Å². The van der Waals surface area contributed by atoms with Crippen LogP contribution in [0.4, 0.5) is 9.59 Å². The number of carbonyl (C=O) groups is 3. The summed E-state index contributed by atoms with van der Waals surface area (Å²) in [5.41, 5.74) is -0.982. The highest BCUT2D eigenvalue weighted by Gasteiger charge is 2.51. The van der Waals surface area contributed by atoms with Crippen LogP contribution in [-0.4, -0.2) is 48.2 Å². The Morgan fingerprint density at radius 3 is 2.94 bits per heavy atom. The second-order valence-electron chi connectivity index (χ2n) is 4.03. The molecule has 2 aliphatic heterocycles. The van der Waals surface area contributed by atoms with E-state index in [1.165, 1.54) is 11.0 Å². The summed E-state index contributed by atoms with van der Waals surface area (Å²) >= 11 is 0. The van der Waals surface area contributed by atoms with E-state index in [0.717, 1.165) is 0 Å². The lowest BCUT2D eigenvalue weighted by molar-refractivity contribution is -0.123. The summed E-state index contributed by atoms with van der Waals surface area (Å²) in [5.74, 6) is -0.387. The molecular weight excluding hydrogens is 226 g/mol.